The minimum atomic E-state index is -0.947. The maximum Gasteiger partial charge on any atom is 0.303 e. The number of hydrogen-bond donors (Lipinski definition) is 2. The van der Waals surface area contributed by atoms with Gasteiger partial charge in [0.25, 0.3) is 0 Å². The van der Waals surface area contributed by atoms with Crippen LogP contribution < -0.4 is 9.47 Å². The van der Waals surface area contributed by atoms with E-state index in [2.05, 4.69) is 6.92 Å². The third kappa shape index (κ3) is 4.05. The topological polar surface area (TPSA) is 93.1 Å². The first-order valence-electron chi connectivity index (χ1n) is 10.8. The Morgan fingerprint density at radius 1 is 1.23 bits per heavy atom. The van der Waals surface area contributed by atoms with E-state index in [1.165, 1.54) is 0 Å². The van der Waals surface area contributed by atoms with Crippen molar-refractivity contribution >= 4 is 17.8 Å². The molecule has 1 aromatic carbocycles. The maximum atomic E-state index is 13.1. The van der Waals surface area contributed by atoms with Crippen molar-refractivity contribution in [1.29, 1.82) is 0 Å². The first-order chi connectivity index (χ1) is 14.1. The summed E-state index contributed by atoms with van der Waals surface area (Å²) in [5, 5.41) is 20.8. The highest BCUT2D eigenvalue weighted by atomic mass is 16.5. The number of Topliss-reactive ketones (excluding diaryl/α,β-unsaturated/α-hetero) is 1. The van der Waals surface area contributed by atoms with Crippen molar-refractivity contribution in [3.05, 3.63) is 22.8 Å². The van der Waals surface area contributed by atoms with Crippen molar-refractivity contribution in [1.82, 2.24) is 0 Å². The Kier molecular flexibility index (Phi) is 6.16. The summed E-state index contributed by atoms with van der Waals surface area (Å²) in [4.78, 5) is 24.7. The molecule has 1 aromatic rings. The molecule has 3 atom stereocenters. The van der Waals surface area contributed by atoms with Gasteiger partial charge in [-0.3, -0.25) is 9.59 Å². The van der Waals surface area contributed by atoms with Crippen molar-refractivity contribution in [2.24, 2.45) is 5.92 Å². The van der Waals surface area contributed by atoms with Crippen molar-refractivity contribution in [2.45, 2.75) is 84.3 Å². The number of carbonyl (C=O) groups excluding carboxylic acids is 1. The van der Waals surface area contributed by atoms with Crippen molar-refractivity contribution in [2.75, 3.05) is 0 Å². The van der Waals surface area contributed by atoms with Crippen LogP contribution in [0, 0.1) is 5.92 Å². The summed E-state index contributed by atoms with van der Waals surface area (Å²) in [5.41, 5.74) is 0.540. The third-order valence-corrected chi connectivity index (χ3v) is 6.12. The smallest absolute Gasteiger partial charge is 0.303 e. The number of ketones is 1. The fraction of sp³-hybridized carbons (Fsp3) is 0.583. The Labute approximate surface area is 177 Å². The molecule has 2 N–H and O–H groups in total. The number of rotatable bonds is 7. The van der Waals surface area contributed by atoms with Gasteiger partial charge in [-0.05, 0) is 39.3 Å². The summed E-state index contributed by atoms with van der Waals surface area (Å²) in [6.07, 6.45) is 6.66. The molecule has 0 aromatic heterocycles. The molecule has 2 heterocycles. The van der Waals surface area contributed by atoms with Crippen LogP contribution in [0.5, 0.6) is 17.2 Å². The average molecular weight is 417 g/mol. The lowest BCUT2D eigenvalue weighted by Gasteiger charge is -2.36. The number of fused-ring (bicyclic) bond motifs is 3. The zero-order valence-electron chi connectivity index (χ0n) is 18.4. The number of hydrogen-bond acceptors (Lipinski definition) is 5. The summed E-state index contributed by atoms with van der Waals surface area (Å²) in [6, 6.07) is 0. The largest absolute Gasteiger partial charge is 0.507 e. The fourth-order valence-electron chi connectivity index (χ4n) is 4.23. The Balaban J connectivity index is 2.25. The number of unbranched alkanes of at least 4 members (excludes halogenated alkanes) is 2. The van der Waals surface area contributed by atoms with Gasteiger partial charge < -0.3 is 19.7 Å². The molecule has 0 saturated heterocycles. The van der Waals surface area contributed by atoms with Gasteiger partial charge in [-0.2, -0.15) is 0 Å². The van der Waals surface area contributed by atoms with Gasteiger partial charge in [-0.25, -0.2) is 0 Å². The van der Waals surface area contributed by atoms with E-state index in [9.17, 15) is 19.8 Å². The first kappa shape index (κ1) is 22.2. The Morgan fingerprint density at radius 3 is 2.57 bits per heavy atom. The molecule has 2 aliphatic rings. The van der Waals surface area contributed by atoms with Crippen molar-refractivity contribution in [3.8, 4) is 17.2 Å². The van der Waals surface area contributed by atoms with Crippen LogP contribution in [0.4, 0.5) is 0 Å². The molecule has 2 aliphatic heterocycles. The van der Waals surface area contributed by atoms with Crippen LogP contribution >= 0.6 is 0 Å². The normalized spacial score (nSPS) is 22.5. The van der Waals surface area contributed by atoms with E-state index in [1.807, 2.05) is 32.9 Å². The van der Waals surface area contributed by atoms with Gasteiger partial charge in [0.2, 0.25) is 0 Å². The van der Waals surface area contributed by atoms with E-state index in [4.69, 9.17) is 9.47 Å². The number of carbonyl (C=O) groups is 2. The van der Waals surface area contributed by atoms with Gasteiger partial charge in [0.15, 0.2) is 5.78 Å². The van der Waals surface area contributed by atoms with Gasteiger partial charge in [-0.15, -0.1) is 0 Å². The van der Waals surface area contributed by atoms with Crippen LogP contribution in [0.25, 0.3) is 6.08 Å². The van der Waals surface area contributed by atoms with Gasteiger partial charge in [0.05, 0.1) is 17.9 Å². The average Bonchev–Trinajstić information content (AvgIpc) is 2.64. The van der Waals surface area contributed by atoms with Crippen molar-refractivity contribution in [3.63, 3.8) is 0 Å². The molecule has 30 heavy (non-hydrogen) atoms. The number of aliphatic carboxylic acids is 1. The summed E-state index contributed by atoms with van der Waals surface area (Å²) in [7, 11) is 0. The number of ether oxygens (including phenoxy) is 2. The zero-order chi connectivity index (χ0) is 22.2. The fourth-order valence-corrected chi connectivity index (χ4v) is 4.23. The van der Waals surface area contributed by atoms with E-state index >= 15 is 0 Å². The molecule has 6 nitrogen and oxygen atoms in total. The number of phenols is 1. The number of carboxylic acid groups (broad SMARTS) is 1. The van der Waals surface area contributed by atoms with E-state index in [-0.39, 0.29) is 29.6 Å². The van der Waals surface area contributed by atoms with E-state index in [1.54, 1.807) is 6.92 Å². The van der Waals surface area contributed by atoms with Crippen LogP contribution in [0.15, 0.2) is 6.08 Å². The summed E-state index contributed by atoms with van der Waals surface area (Å²) >= 11 is 0. The molecule has 0 saturated carbocycles. The number of benzene rings is 1. The van der Waals surface area contributed by atoms with E-state index in [0.29, 0.717) is 29.0 Å². The number of aromatic hydroxyl groups is 1. The first-order valence-corrected chi connectivity index (χ1v) is 10.8. The van der Waals surface area contributed by atoms with Gasteiger partial charge >= 0.3 is 5.97 Å². The van der Waals surface area contributed by atoms with Crippen molar-refractivity contribution < 1.29 is 29.3 Å². The monoisotopic (exact) mass is 416 g/mol. The molecular formula is C24H32O6. The second kappa shape index (κ2) is 8.32. The molecule has 0 spiro atoms. The molecule has 3 rings (SSSR count). The second-order valence-electron chi connectivity index (χ2n) is 9.01. The van der Waals surface area contributed by atoms with Crippen LogP contribution in [-0.2, 0) is 4.79 Å². The molecule has 1 unspecified atom stereocenters. The van der Waals surface area contributed by atoms with Crippen LogP contribution in [0.2, 0.25) is 0 Å². The maximum absolute atomic E-state index is 13.1. The lowest BCUT2D eigenvalue weighted by molar-refractivity contribution is -0.137. The second-order valence-corrected chi connectivity index (χ2v) is 9.01. The molecule has 6 heteroatoms. The lowest BCUT2D eigenvalue weighted by atomic mass is 9.81. The quantitative estimate of drug-likeness (QED) is 0.585. The minimum absolute atomic E-state index is 0.142. The lowest BCUT2D eigenvalue weighted by Crippen LogP contribution is -2.35. The van der Waals surface area contributed by atoms with Crippen LogP contribution in [-0.4, -0.2) is 33.7 Å². The zero-order valence-corrected chi connectivity index (χ0v) is 18.4. The minimum Gasteiger partial charge on any atom is -0.507 e. The highest BCUT2D eigenvalue weighted by Crippen LogP contribution is 2.53. The highest BCUT2D eigenvalue weighted by Gasteiger charge is 2.41. The van der Waals surface area contributed by atoms with Gasteiger partial charge in [0.1, 0.15) is 34.5 Å². The molecule has 0 radical (unpaired) electrons. The van der Waals surface area contributed by atoms with E-state index < -0.39 is 23.4 Å². The van der Waals surface area contributed by atoms with Gasteiger partial charge in [-0.1, -0.05) is 33.1 Å². The molecule has 0 fully saturated rings. The molecular weight excluding hydrogens is 384 g/mol. The Morgan fingerprint density at radius 2 is 1.93 bits per heavy atom. The predicted molar refractivity (Wildman–Crippen MR) is 115 cm³/mol. The Hall–Kier alpha value is -2.50. The standard InChI is InChI=1S/C24H32O6/c1-6-7-8-9-15(12-17(25)26)18-21(28)19-20(27)13(2)14(3)29-22(19)16-10-11-24(4,5)30-23(16)18/h10-11,13-15,28H,6-9,12H2,1-5H3,(H,25,26)/t13-,14-,15?/m0/s1. The highest BCUT2D eigenvalue weighted by molar-refractivity contribution is 6.06. The molecule has 0 amide bonds. The van der Waals surface area contributed by atoms with Gasteiger partial charge in [0, 0.05) is 11.5 Å². The SMILES string of the molecule is CCCCCC(CC(=O)O)c1c(O)c2c(c3c1OC(C)(C)C=C3)O[C@@H](C)[C@H](C)C2=O. The molecule has 0 bridgehead atoms. The predicted octanol–water partition coefficient (Wildman–Crippen LogP) is 5.31. The third-order valence-electron chi connectivity index (χ3n) is 6.12. The van der Waals surface area contributed by atoms with Crippen LogP contribution in [0.1, 0.15) is 94.1 Å². The van der Waals surface area contributed by atoms with E-state index in [0.717, 1.165) is 19.3 Å². The number of phenolic OH excluding ortho intramolecular Hbond substituents is 1. The van der Waals surface area contributed by atoms with Crippen LogP contribution in [0.3, 0.4) is 0 Å². The molecule has 164 valence electrons. The summed E-state index contributed by atoms with van der Waals surface area (Å²) in [6.45, 7) is 9.48. The number of carboxylic acids is 1. The summed E-state index contributed by atoms with van der Waals surface area (Å²) in [5.74, 6) is -1.44. The molecule has 0 aliphatic carbocycles. The summed E-state index contributed by atoms with van der Waals surface area (Å²) < 4.78 is 12.3. The Bertz CT molecular complexity index is 882.